The van der Waals surface area contributed by atoms with Crippen LogP contribution >= 0.6 is 0 Å². The fourth-order valence-corrected chi connectivity index (χ4v) is 2.55. The van der Waals surface area contributed by atoms with E-state index in [9.17, 15) is 9.59 Å². The smallest absolute Gasteiger partial charge is 0.255 e. The van der Waals surface area contributed by atoms with Gasteiger partial charge in [-0.05, 0) is 55.7 Å². The summed E-state index contributed by atoms with van der Waals surface area (Å²) in [6.07, 6.45) is 0. The van der Waals surface area contributed by atoms with Gasteiger partial charge in [0, 0.05) is 19.2 Å². The lowest BCUT2D eigenvalue weighted by Crippen LogP contribution is -2.28. The molecule has 0 bridgehead atoms. The van der Waals surface area contributed by atoms with Gasteiger partial charge < -0.3 is 15.4 Å². The number of para-hydroxylation sites is 1. The summed E-state index contributed by atoms with van der Waals surface area (Å²) in [7, 11) is 1.58. The molecule has 0 saturated carbocycles. The first-order valence-corrected chi connectivity index (χ1v) is 8.19. The van der Waals surface area contributed by atoms with Crippen LogP contribution in [0.15, 0.2) is 36.4 Å². The van der Waals surface area contributed by atoms with Crippen molar-refractivity contribution in [1.29, 1.82) is 0 Å². The van der Waals surface area contributed by atoms with E-state index in [0.717, 1.165) is 16.7 Å². The van der Waals surface area contributed by atoms with Crippen LogP contribution in [0.3, 0.4) is 0 Å². The molecule has 0 unspecified atom stereocenters. The molecule has 0 saturated heterocycles. The zero-order chi connectivity index (χ0) is 18.4. The number of nitrogens with one attached hydrogen (secondary N) is 2. The molecule has 2 amide bonds. The molecule has 0 aliphatic heterocycles. The highest BCUT2D eigenvalue weighted by atomic mass is 16.5. The van der Waals surface area contributed by atoms with Gasteiger partial charge in [-0.3, -0.25) is 9.59 Å². The van der Waals surface area contributed by atoms with Crippen molar-refractivity contribution < 1.29 is 14.3 Å². The van der Waals surface area contributed by atoms with Crippen LogP contribution < -0.4 is 10.6 Å². The third-order valence-corrected chi connectivity index (χ3v) is 4.10. The first-order chi connectivity index (χ1) is 11.9. The highest BCUT2D eigenvalue weighted by molar-refractivity contribution is 6.09. The maximum atomic E-state index is 12.7. The summed E-state index contributed by atoms with van der Waals surface area (Å²) in [5, 5.41) is 5.62. The topological polar surface area (TPSA) is 67.4 Å². The van der Waals surface area contributed by atoms with Crippen LogP contribution in [0.5, 0.6) is 0 Å². The molecule has 132 valence electrons. The maximum Gasteiger partial charge on any atom is 0.255 e. The van der Waals surface area contributed by atoms with Crippen LogP contribution in [0.25, 0.3) is 0 Å². The Morgan fingerprint density at radius 3 is 2.32 bits per heavy atom. The summed E-state index contributed by atoms with van der Waals surface area (Å²) in [4.78, 5) is 25.0. The van der Waals surface area contributed by atoms with E-state index < -0.39 is 0 Å². The Bertz CT molecular complexity index is 785. The number of carbonyl (C=O) groups is 2. The standard InChI is InChI=1S/C20H24N2O3/c1-13-11-15(3)17(12-14(13)2)20(24)22-18-8-6-5-7-16(18)19(23)21-9-10-25-4/h5-8,11-12H,9-10H2,1-4H3,(H,21,23)(H,22,24). The average molecular weight is 340 g/mol. The fraction of sp³-hybridized carbons (Fsp3) is 0.300. The number of benzene rings is 2. The highest BCUT2D eigenvalue weighted by Gasteiger charge is 2.15. The van der Waals surface area contributed by atoms with Crippen molar-refractivity contribution >= 4 is 17.5 Å². The molecule has 5 nitrogen and oxygen atoms in total. The lowest BCUT2D eigenvalue weighted by Gasteiger charge is -2.13. The third-order valence-electron chi connectivity index (χ3n) is 4.10. The summed E-state index contributed by atoms with van der Waals surface area (Å²) in [6.45, 7) is 6.74. The van der Waals surface area contributed by atoms with Crippen molar-refractivity contribution in [2.45, 2.75) is 20.8 Å². The van der Waals surface area contributed by atoms with E-state index in [4.69, 9.17) is 4.74 Å². The van der Waals surface area contributed by atoms with Gasteiger partial charge in [-0.25, -0.2) is 0 Å². The molecule has 0 aliphatic carbocycles. The number of aryl methyl sites for hydroxylation is 3. The van der Waals surface area contributed by atoms with Gasteiger partial charge in [0.15, 0.2) is 0 Å². The van der Waals surface area contributed by atoms with Gasteiger partial charge in [-0.15, -0.1) is 0 Å². The Morgan fingerprint density at radius 2 is 1.60 bits per heavy atom. The van der Waals surface area contributed by atoms with Crippen LogP contribution in [-0.2, 0) is 4.74 Å². The van der Waals surface area contributed by atoms with Crippen LogP contribution in [0.4, 0.5) is 5.69 Å². The normalized spacial score (nSPS) is 10.4. The predicted molar refractivity (Wildman–Crippen MR) is 99.3 cm³/mol. The lowest BCUT2D eigenvalue weighted by molar-refractivity contribution is 0.0938. The Kier molecular flexibility index (Phi) is 6.31. The zero-order valence-electron chi connectivity index (χ0n) is 15.1. The van der Waals surface area contributed by atoms with Crippen molar-refractivity contribution in [2.24, 2.45) is 0 Å². The second kappa shape index (κ2) is 8.44. The fourth-order valence-electron chi connectivity index (χ4n) is 2.55. The number of hydrogen-bond donors (Lipinski definition) is 2. The average Bonchev–Trinajstić information content (AvgIpc) is 2.58. The Balaban J connectivity index is 2.22. The maximum absolute atomic E-state index is 12.7. The summed E-state index contributed by atoms with van der Waals surface area (Å²) >= 11 is 0. The quantitative estimate of drug-likeness (QED) is 0.793. The van der Waals surface area contributed by atoms with E-state index in [0.29, 0.717) is 30.0 Å². The Hall–Kier alpha value is -2.66. The molecule has 0 aliphatic rings. The molecular formula is C20H24N2O3. The second-order valence-electron chi connectivity index (χ2n) is 6.00. The van der Waals surface area contributed by atoms with Crippen molar-refractivity contribution in [1.82, 2.24) is 5.32 Å². The second-order valence-corrected chi connectivity index (χ2v) is 6.00. The van der Waals surface area contributed by atoms with Crippen molar-refractivity contribution in [3.63, 3.8) is 0 Å². The summed E-state index contributed by atoms with van der Waals surface area (Å²) in [5.41, 5.74) is 4.63. The third kappa shape index (κ3) is 4.67. The number of hydrogen-bond acceptors (Lipinski definition) is 3. The molecule has 2 rings (SSSR count). The van der Waals surface area contributed by atoms with Crippen molar-refractivity contribution in [2.75, 3.05) is 25.6 Å². The van der Waals surface area contributed by atoms with Crippen molar-refractivity contribution in [3.8, 4) is 0 Å². The molecule has 0 heterocycles. The van der Waals surface area contributed by atoms with Crippen molar-refractivity contribution in [3.05, 3.63) is 64.2 Å². The van der Waals surface area contributed by atoms with E-state index in [1.807, 2.05) is 32.9 Å². The summed E-state index contributed by atoms with van der Waals surface area (Å²) < 4.78 is 4.93. The first kappa shape index (κ1) is 18.7. The monoisotopic (exact) mass is 340 g/mol. The number of ether oxygens (including phenoxy) is 1. The minimum absolute atomic E-state index is 0.224. The molecule has 2 N–H and O–H groups in total. The van der Waals surface area contributed by atoms with E-state index in [1.54, 1.807) is 31.4 Å². The zero-order valence-corrected chi connectivity index (χ0v) is 15.1. The van der Waals surface area contributed by atoms with Gasteiger partial charge in [0.05, 0.1) is 17.9 Å². The molecule has 0 atom stereocenters. The number of rotatable bonds is 6. The van der Waals surface area contributed by atoms with Gasteiger partial charge in [-0.2, -0.15) is 0 Å². The number of methoxy groups -OCH3 is 1. The van der Waals surface area contributed by atoms with Crippen LogP contribution in [0, 0.1) is 20.8 Å². The van der Waals surface area contributed by atoms with E-state index in [2.05, 4.69) is 10.6 Å². The molecule has 0 spiro atoms. The molecule has 2 aromatic carbocycles. The molecule has 5 heteroatoms. The highest BCUT2D eigenvalue weighted by Crippen LogP contribution is 2.19. The van der Waals surface area contributed by atoms with E-state index >= 15 is 0 Å². The molecule has 0 fully saturated rings. The van der Waals surface area contributed by atoms with Crippen LogP contribution in [0.1, 0.15) is 37.4 Å². The van der Waals surface area contributed by atoms with E-state index in [1.165, 1.54) is 0 Å². The molecule has 25 heavy (non-hydrogen) atoms. The molecule has 2 aromatic rings. The van der Waals surface area contributed by atoms with Gasteiger partial charge in [0.25, 0.3) is 11.8 Å². The van der Waals surface area contributed by atoms with Crippen LogP contribution in [0.2, 0.25) is 0 Å². The Morgan fingerprint density at radius 1 is 0.920 bits per heavy atom. The van der Waals surface area contributed by atoms with E-state index in [-0.39, 0.29) is 11.8 Å². The SMILES string of the molecule is COCCNC(=O)c1ccccc1NC(=O)c1cc(C)c(C)cc1C. The summed E-state index contributed by atoms with van der Waals surface area (Å²) in [6, 6.07) is 10.8. The largest absolute Gasteiger partial charge is 0.383 e. The molecular weight excluding hydrogens is 316 g/mol. The van der Waals surface area contributed by atoms with Gasteiger partial charge in [0.1, 0.15) is 0 Å². The minimum atomic E-state index is -0.246. The Labute approximate surface area is 148 Å². The number of amides is 2. The lowest BCUT2D eigenvalue weighted by atomic mass is 10.00. The van der Waals surface area contributed by atoms with Gasteiger partial charge in [0.2, 0.25) is 0 Å². The number of carbonyl (C=O) groups excluding carboxylic acids is 2. The van der Waals surface area contributed by atoms with Gasteiger partial charge in [-0.1, -0.05) is 18.2 Å². The number of anilines is 1. The predicted octanol–water partition coefficient (Wildman–Crippen LogP) is 3.24. The minimum Gasteiger partial charge on any atom is -0.383 e. The summed E-state index contributed by atoms with van der Waals surface area (Å²) in [5.74, 6) is -0.470. The first-order valence-electron chi connectivity index (χ1n) is 8.19. The van der Waals surface area contributed by atoms with Gasteiger partial charge >= 0.3 is 0 Å². The van der Waals surface area contributed by atoms with Crippen LogP contribution in [-0.4, -0.2) is 32.1 Å². The molecule has 0 radical (unpaired) electrons. The molecule has 0 aromatic heterocycles.